The first-order valence-corrected chi connectivity index (χ1v) is 11.6. The first kappa shape index (κ1) is 20.0. The zero-order chi connectivity index (χ0) is 22.4. The number of hydrogen-bond acceptors (Lipinski definition) is 6. The summed E-state index contributed by atoms with van der Waals surface area (Å²) in [5, 5.41) is 12.1. The average molecular weight is 443 g/mol. The minimum atomic E-state index is -0.347. The summed E-state index contributed by atoms with van der Waals surface area (Å²) in [5.74, 6) is 2.56. The number of rotatable bonds is 5. The molecule has 8 heteroatoms. The maximum atomic E-state index is 12.6. The lowest BCUT2D eigenvalue weighted by Crippen LogP contribution is -2.38. The second kappa shape index (κ2) is 8.03. The van der Waals surface area contributed by atoms with Crippen molar-refractivity contribution >= 4 is 28.4 Å². The minimum absolute atomic E-state index is 0.00196. The van der Waals surface area contributed by atoms with Crippen LogP contribution < -0.4 is 15.4 Å². The van der Waals surface area contributed by atoms with Gasteiger partial charge in [0.1, 0.15) is 11.8 Å². The van der Waals surface area contributed by atoms with Crippen LogP contribution in [0.25, 0.3) is 27.9 Å². The van der Waals surface area contributed by atoms with Gasteiger partial charge >= 0.3 is 0 Å². The van der Waals surface area contributed by atoms with Crippen LogP contribution in [-0.2, 0) is 4.79 Å². The number of ether oxygens (including phenoxy) is 1. The molecule has 2 aromatic carbocycles. The molecule has 1 atom stereocenters. The van der Waals surface area contributed by atoms with E-state index in [1.807, 2.05) is 24.3 Å². The van der Waals surface area contributed by atoms with E-state index in [-0.39, 0.29) is 11.9 Å². The van der Waals surface area contributed by atoms with Gasteiger partial charge in [-0.05, 0) is 80.0 Å². The molecule has 33 heavy (non-hydrogen) atoms. The van der Waals surface area contributed by atoms with Crippen molar-refractivity contribution in [3.05, 3.63) is 48.0 Å². The molecule has 2 aromatic heterocycles. The molecule has 1 saturated carbocycles. The molecule has 3 heterocycles. The Hall–Kier alpha value is -3.68. The van der Waals surface area contributed by atoms with Crippen LogP contribution in [0, 0.1) is 0 Å². The molecule has 2 aliphatic rings. The molecule has 0 bridgehead atoms. The van der Waals surface area contributed by atoms with Crippen LogP contribution in [0.5, 0.6) is 5.75 Å². The summed E-state index contributed by atoms with van der Waals surface area (Å²) in [4.78, 5) is 22.3. The van der Waals surface area contributed by atoms with E-state index in [4.69, 9.17) is 19.8 Å². The van der Waals surface area contributed by atoms with E-state index in [1.54, 1.807) is 11.6 Å². The Kier molecular flexibility index (Phi) is 4.86. The van der Waals surface area contributed by atoms with Crippen molar-refractivity contribution in [1.29, 1.82) is 0 Å². The van der Waals surface area contributed by atoms with Gasteiger partial charge < -0.3 is 15.4 Å². The van der Waals surface area contributed by atoms with E-state index in [1.165, 1.54) is 18.4 Å². The molecule has 0 spiro atoms. The fraction of sp³-hybridized carbons (Fsp3) is 0.360. The predicted molar refractivity (Wildman–Crippen MR) is 127 cm³/mol. The highest BCUT2D eigenvalue weighted by atomic mass is 16.5. The standard InChI is InChI=1S/C25H26N6O2/c1-33-18-10-7-16(8-11-18)22-29-23-19-14-17(15-5-6-15)9-12-20(19)27-25(31(23)30-22)28-21-4-2-3-13-26-24(21)32/h7-12,14-15,21H,2-6,13H2,1H3,(H,26,32)(H,27,28)/t21-/m1/s1. The maximum Gasteiger partial charge on any atom is 0.242 e. The molecule has 168 valence electrons. The lowest BCUT2D eigenvalue weighted by molar-refractivity contribution is -0.121. The highest BCUT2D eigenvalue weighted by Gasteiger charge is 2.26. The average Bonchev–Trinajstić information content (AvgIpc) is 3.63. The monoisotopic (exact) mass is 442 g/mol. The molecule has 1 saturated heterocycles. The van der Waals surface area contributed by atoms with Crippen LogP contribution in [0.4, 0.5) is 5.95 Å². The van der Waals surface area contributed by atoms with Crippen LogP contribution >= 0.6 is 0 Å². The van der Waals surface area contributed by atoms with E-state index in [9.17, 15) is 4.79 Å². The van der Waals surface area contributed by atoms with E-state index in [0.717, 1.165) is 47.1 Å². The zero-order valence-electron chi connectivity index (χ0n) is 18.5. The normalized spacial score (nSPS) is 18.8. The fourth-order valence-corrected chi connectivity index (χ4v) is 4.49. The maximum absolute atomic E-state index is 12.6. The highest BCUT2D eigenvalue weighted by molar-refractivity contribution is 5.94. The van der Waals surface area contributed by atoms with Crippen molar-refractivity contribution in [1.82, 2.24) is 24.9 Å². The van der Waals surface area contributed by atoms with Gasteiger partial charge in [-0.25, -0.2) is 9.97 Å². The van der Waals surface area contributed by atoms with E-state index in [0.29, 0.717) is 24.2 Å². The summed E-state index contributed by atoms with van der Waals surface area (Å²) in [7, 11) is 1.65. The largest absolute Gasteiger partial charge is 0.497 e. The first-order chi connectivity index (χ1) is 16.2. The second-order valence-corrected chi connectivity index (χ2v) is 8.87. The highest BCUT2D eigenvalue weighted by Crippen LogP contribution is 2.41. The van der Waals surface area contributed by atoms with Crippen molar-refractivity contribution in [3.8, 4) is 17.1 Å². The third-order valence-electron chi connectivity index (χ3n) is 6.53. The van der Waals surface area contributed by atoms with Crippen LogP contribution in [0.2, 0.25) is 0 Å². The molecule has 6 rings (SSSR count). The third-order valence-corrected chi connectivity index (χ3v) is 6.53. The summed E-state index contributed by atoms with van der Waals surface area (Å²) in [5.41, 5.74) is 3.80. The molecule has 1 aliphatic carbocycles. The number of nitrogens with one attached hydrogen (secondary N) is 2. The van der Waals surface area contributed by atoms with Crippen molar-refractivity contribution in [2.45, 2.75) is 44.1 Å². The van der Waals surface area contributed by atoms with Gasteiger partial charge in [0.25, 0.3) is 0 Å². The van der Waals surface area contributed by atoms with Gasteiger partial charge in [-0.1, -0.05) is 6.07 Å². The Morgan fingerprint density at radius 1 is 1.06 bits per heavy atom. The summed E-state index contributed by atoms with van der Waals surface area (Å²) >= 11 is 0. The number of aromatic nitrogens is 4. The number of nitrogens with zero attached hydrogens (tertiary/aromatic N) is 4. The van der Waals surface area contributed by atoms with Gasteiger partial charge in [-0.2, -0.15) is 4.52 Å². The summed E-state index contributed by atoms with van der Waals surface area (Å²) in [6.07, 6.45) is 5.18. The SMILES string of the molecule is COc1ccc(-c2nc3c4cc(C5CC5)ccc4nc(N[C@@H]4CCCCNC4=O)n3n2)cc1. The summed E-state index contributed by atoms with van der Waals surface area (Å²) < 4.78 is 7.03. The van der Waals surface area contributed by atoms with Crippen molar-refractivity contribution in [2.24, 2.45) is 0 Å². The lowest BCUT2D eigenvalue weighted by Gasteiger charge is -2.17. The van der Waals surface area contributed by atoms with Crippen molar-refractivity contribution < 1.29 is 9.53 Å². The topological polar surface area (TPSA) is 93.4 Å². The molecule has 2 N–H and O–H groups in total. The smallest absolute Gasteiger partial charge is 0.242 e. The number of anilines is 1. The molecular formula is C25H26N6O2. The van der Waals surface area contributed by atoms with Gasteiger partial charge in [0.2, 0.25) is 11.9 Å². The molecular weight excluding hydrogens is 416 g/mol. The number of fused-ring (bicyclic) bond motifs is 3. The quantitative estimate of drug-likeness (QED) is 0.487. The lowest BCUT2D eigenvalue weighted by atomic mass is 10.1. The third kappa shape index (κ3) is 3.75. The number of amides is 1. The molecule has 2 fully saturated rings. The Morgan fingerprint density at radius 2 is 1.91 bits per heavy atom. The van der Waals surface area contributed by atoms with Gasteiger partial charge in [0.15, 0.2) is 11.5 Å². The number of hydrogen-bond donors (Lipinski definition) is 2. The molecule has 4 aromatic rings. The number of benzene rings is 2. The Balaban J connectivity index is 1.49. The van der Waals surface area contributed by atoms with Crippen molar-refractivity contribution in [2.75, 3.05) is 19.0 Å². The second-order valence-electron chi connectivity index (χ2n) is 8.87. The molecule has 0 unspecified atom stereocenters. The van der Waals surface area contributed by atoms with Crippen LogP contribution in [0.3, 0.4) is 0 Å². The van der Waals surface area contributed by atoms with Gasteiger partial charge in [0, 0.05) is 17.5 Å². The number of carbonyl (C=O) groups excluding carboxylic acids is 1. The van der Waals surface area contributed by atoms with Crippen LogP contribution in [0.1, 0.15) is 43.6 Å². The number of methoxy groups -OCH3 is 1. The number of carbonyl (C=O) groups is 1. The van der Waals surface area contributed by atoms with Crippen LogP contribution in [0.15, 0.2) is 42.5 Å². The van der Waals surface area contributed by atoms with Crippen molar-refractivity contribution in [3.63, 3.8) is 0 Å². The molecule has 8 nitrogen and oxygen atoms in total. The molecule has 1 amide bonds. The van der Waals surface area contributed by atoms with E-state index < -0.39 is 0 Å². The zero-order valence-corrected chi connectivity index (χ0v) is 18.5. The molecule has 0 radical (unpaired) electrons. The van der Waals surface area contributed by atoms with E-state index in [2.05, 4.69) is 28.8 Å². The molecule has 1 aliphatic heterocycles. The van der Waals surface area contributed by atoms with Crippen LogP contribution in [-0.4, -0.2) is 45.2 Å². The Bertz CT molecular complexity index is 1340. The fourth-order valence-electron chi connectivity index (χ4n) is 4.49. The van der Waals surface area contributed by atoms with E-state index >= 15 is 0 Å². The minimum Gasteiger partial charge on any atom is -0.497 e. The van der Waals surface area contributed by atoms with Gasteiger partial charge in [-0.15, -0.1) is 5.10 Å². The Morgan fingerprint density at radius 3 is 2.70 bits per heavy atom. The summed E-state index contributed by atoms with van der Waals surface area (Å²) in [6.45, 7) is 0.715. The Labute approximate surface area is 191 Å². The summed E-state index contributed by atoms with van der Waals surface area (Å²) in [6, 6.07) is 13.8. The van der Waals surface area contributed by atoms with Gasteiger partial charge in [0.05, 0.1) is 12.6 Å². The first-order valence-electron chi connectivity index (χ1n) is 11.6. The van der Waals surface area contributed by atoms with Gasteiger partial charge in [-0.3, -0.25) is 4.79 Å². The predicted octanol–water partition coefficient (Wildman–Crippen LogP) is 3.91.